The molecule has 0 aliphatic heterocycles. The molecule has 0 saturated carbocycles. The number of nitrogens with zero attached hydrogens (tertiary/aromatic N) is 1. The molecule has 1 heterocycles. The second kappa shape index (κ2) is 4.18. The summed E-state index contributed by atoms with van der Waals surface area (Å²) in [6.45, 7) is 2.14. The number of fused-ring (bicyclic) bond motifs is 1. The van der Waals surface area contributed by atoms with Crippen LogP contribution >= 0.6 is 0 Å². The highest BCUT2D eigenvalue weighted by atomic mass is 16.3. The van der Waals surface area contributed by atoms with Crippen LogP contribution in [-0.4, -0.2) is 22.8 Å². The lowest BCUT2D eigenvalue weighted by atomic mass is 10.1. The molecule has 0 saturated heterocycles. The second-order valence-electron chi connectivity index (χ2n) is 4.33. The third-order valence-corrected chi connectivity index (χ3v) is 3.09. The summed E-state index contributed by atoms with van der Waals surface area (Å²) in [5.41, 5.74) is 2.27. The molecular formula is C13H18N2O. The van der Waals surface area contributed by atoms with Crippen molar-refractivity contribution in [1.29, 1.82) is 0 Å². The summed E-state index contributed by atoms with van der Waals surface area (Å²) in [6.07, 6.45) is 3.02. The number of nitrogens with one attached hydrogen (secondary N) is 1. The lowest BCUT2D eigenvalue weighted by molar-refractivity contribution is 0.481. The van der Waals surface area contributed by atoms with Crippen molar-refractivity contribution in [3.05, 3.63) is 30.0 Å². The molecule has 16 heavy (non-hydrogen) atoms. The Morgan fingerprint density at radius 2 is 2.19 bits per heavy atom. The first-order chi connectivity index (χ1) is 7.63. The number of hydrogen-bond donors (Lipinski definition) is 2. The second-order valence-corrected chi connectivity index (χ2v) is 4.33. The molecule has 1 aromatic carbocycles. The summed E-state index contributed by atoms with van der Waals surface area (Å²) in [6, 6.07) is 6.06. The molecule has 1 atom stereocenters. The van der Waals surface area contributed by atoms with Gasteiger partial charge in [0.2, 0.25) is 0 Å². The van der Waals surface area contributed by atoms with Gasteiger partial charge in [-0.25, -0.2) is 0 Å². The standard InChI is InChI=1S/C13H18N2O/c1-9(14-2)7-10-8-15(3)11-5-4-6-12(16)13(10)11/h4-6,8-9,14,16H,7H2,1-3H3. The van der Waals surface area contributed by atoms with Crippen LogP contribution in [-0.2, 0) is 13.5 Å². The number of phenolic OH excluding ortho intramolecular Hbond substituents is 1. The van der Waals surface area contributed by atoms with Gasteiger partial charge in [-0.3, -0.25) is 0 Å². The zero-order valence-electron chi connectivity index (χ0n) is 9.99. The van der Waals surface area contributed by atoms with E-state index in [9.17, 15) is 5.11 Å². The van der Waals surface area contributed by atoms with Gasteiger partial charge >= 0.3 is 0 Å². The summed E-state index contributed by atoms with van der Waals surface area (Å²) >= 11 is 0. The molecule has 0 bridgehead atoms. The maximum absolute atomic E-state index is 9.92. The van der Waals surface area contributed by atoms with Gasteiger partial charge in [0.15, 0.2) is 0 Å². The summed E-state index contributed by atoms with van der Waals surface area (Å²) in [5.74, 6) is 0.372. The van der Waals surface area contributed by atoms with E-state index < -0.39 is 0 Å². The molecule has 1 unspecified atom stereocenters. The minimum Gasteiger partial charge on any atom is -0.507 e. The van der Waals surface area contributed by atoms with Gasteiger partial charge in [0.05, 0.1) is 5.52 Å². The number of phenols is 1. The molecule has 0 aliphatic rings. The third kappa shape index (κ3) is 1.78. The molecule has 0 aliphatic carbocycles. The predicted molar refractivity (Wildman–Crippen MR) is 66.8 cm³/mol. The van der Waals surface area contributed by atoms with Crippen LogP contribution in [0.4, 0.5) is 0 Å². The minimum absolute atomic E-state index is 0.372. The van der Waals surface area contributed by atoms with Crippen molar-refractivity contribution < 1.29 is 5.11 Å². The average molecular weight is 218 g/mol. The topological polar surface area (TPSA) is 37.2 Å². The van der Waals surface area contributed by atoms with E-state index in [4.69, 9.17) is 0 Å². The highest BCUT2D eigenvalue weighted by molar-refractivity contribution is 5.89. The van der Waals surface area contributed by atoms with Crippen molar-refractivity contribution in [3.8, 4) is 5.75 Å². The van der Waals surface area contributed by atoms with E-state index in [1.165, 1.54) is 5.56 Å². The van der Waals surface area contributed by atoms with Crippen LogP contribution in [0.5, 0.6) is 5.75 Å². The fourth-order valence-corrected chi connectivity index (χ4v) is 2.11. The highest BCUT2D eigenvalue weighted by Gasteiger charge is 2.12. The van der Waals surface area contributed by atoms with Crippen molar-refractivity contribution in [2.24, 2.45) is 7.05 Å². The number of aryl methyl sites for hydroxylation is 1. The molecule has 0 spiro atoms. The number of aromatic hydroxyl groups is 1. The first-order valence-electron chi connectivity index (χ1n) is 5.56. The summed E-state index contributed by atoms with van der Waals surface area (Å²) in [5, 5.41) is 14.1. The Morgan fingerprint density at radius 3 is 2.88 bits per heavy atom. The van der Waals surface area contributed by atoms with E-state index in [2.05, 4.69) is 23.0 Å². The molecule has 2 rings (SSSR count). The summed E-state index contributed by atoms with van der Waals surface area (Å²) in [4.78, 5) is 0. The SMILES string of the molecule is CNC(C)Cc1cn(C)c2cccc(O)c12. The number of benzene rings is 1. The molecule has 2 aromatic rings. The third-order valence-electron chi connectivity index (χ3n) is 3.09. The number of likely N-dealkylation sites (N-methyl/N-ethyl adjacent to an activating group) is 1. The van der Waals surface area contributed by atoms with Gasteiger partial charge in [0.25, 0.3) is 0 Å². The van der Waals surface area contributed by atoms with Crippen molar-refractivity contribution in [2.45, 2.75) is 19.4 Å². The maximum atomic E-state index is 9.92. The largest absolute Gasteiger partial charge is 0.507 e. The van der Waals surface area contributed by atoms with Gasteiger partial charge in [-0.1, -0.05) is 6.07 Å². The Labute approximate surface area is 95.7 Å². The zero-order chi connectivity index (χ0) is 11.7. The molecule has 0 radical (unpaired) electrons. The van der Waals surface area contributed by atoms with E-state index in [0.29, 0.717) is 11.8 Å². The molecule has 86 valence electrons. The van der Waals surface area contributed by atoms with Crippen LogP contribution in [0.15, 0.2) is 24.4 Å². The fraction of sp³-hybridized carbons (Fsp3) is 0.385. The van der Waals surface area contributed by atoms with Crippen LogP contribution in [0.3, 0.4) is 0 Å². The number of aromatic nitrogens is 1. The lowest BCUT2D eigenvalue weighted by Crippen LogP contribution is -2.23. The Hall–Kier alpha value is -1.48. The highest BCUT2D eigenvalue weighted by Crippen LogP contribution is 2.29. The number of hydrogen-bond acceptors (Lipinski definition) is 2. The molecule has 0 fully saturated rings. The Balaban J connectivity index is 2.53. The first-order valence-corrected chi connectivity index (χ1v) is 5.56. The smallest absolute Gasteiger partial charge is 0.125 e. The van der Waals surface area contributed by atoms with Crippen molar-refractivity contribution in [1.82, 2.24) is 9.88 Å². The van der Waals surface area contributed by atoms with Gasteiger partial charge in [-0.2, -0.15) is 0 Å². The molecule has 0 amide bonds. The first kappa shape index (κ1) is 11.0. The van der Waals surface area contributed by atoms with Crippen LogP contribution in [0, 0.1) is 0 Å². The van der Waals surface area contributed by atoms with Crippen LogP contribution in [0.2, 0.25) is 0 Å². The molecule has 2 N–H and O–H groups in total. The van der Waals surface area contributed by atoms with Crippen molar-refractivity contribution in [2.75, 3.05) is 7.05 Å². The van der Waals surface area contributed by atoms with Crippen LogP contribution in [0.25, 0.3) is 10.9 Å². The van der Waals surface area contributed by atoms with E-state index in [1.54, 1.807) is 6.07 Å². The zero-order valence-corrected chi connectivity index (χ0v) is 9.99. The van der Waals surface area contributed by atoms with Gasteiger partial charge in [-0.15, -0.1) is 0 Å². The average Bonchev–Trinajstić information content (AvgIpc) is 2.57. The van der Waals surface area contributed by atoms with E-state index in [0.717, 1.165) is 17.3 Å². The van der Waals surface area contributed by atoms with Gasteiger partial charge < -0.3 is 15.0 Å². The van der Waals surface area contributed by atoms with Gasteiger partial charge in [0, 0.05) is 24.7 Å². The minimum atomic E-state index is 0.372. The summed E-state index contributed by atoms with van der Waals surface area (Å²) in [7, 11) is 3.96. The van der Waals surface area contributed by atoms with Crippen LogP contribution in [0.1, 0.15) is 12.5 Å². The number of rotatable bonds is 3. The maximum Gasteiger partial charge on any atom is 0.125 e. The van der Waals surface area contributed by atoms with E-state index >= 15 is 0 Å². The van der Waals surface area contributed by atoms with Gasteiger partial charge in [-0.05, 0) is 38.1 Å². The predicted octanol–water partition coefficient (Wildman–Crippen LogP) is 2.03. The van der Waals surface area contributed by atoms with E-state index in [1.807, 2.05) is 26.2 Å². The molecule has 3 nitrogen and oxygen atoms in total. The Morgan fingerprint density at radius 1 is 1.44 bits per heavy atom. The Bertz CT molecular complexity index is 502. The van der Waals surface area contributed by atoms with Crippen molar-refractivity contribution in [3.63, 3.8) is 0 Å². The summed E-state index contributed by atoms with van der Waals surface area (Å²) < 4.78 is 2.06. The van der Waals surface area contributed by atoms with E-state index in [-0.39, 0.29) is 0 Å². The van der Waals surface area contributed by atoms with Crippen LogP contribution < -0.4 is 5.32 Å². The quantitative estimate of drug-likeness (QED) is 0.827. The van der Waals surface area contributed by atoms with Gasteiger partial charge in [0.1, 0.15) is 5.75 Å². The fourth-order valence-electron chi connectivity index (χ4n) is 2.11. The molecule has 3 heteroatoms. The molecular weight excluding hydrogens is 200 g/mol. The Kier molecular flexibility index (Phi) is 2.88. The molecule has 1 aromatic heterocycles. The normalized spacial score (nSPS) is 13.2. The monoisotopic (exact) mass is 218 g/mol. The lowest BCUT2D eigenvalue weighted by Gasteiger charge is -2.08. The van der Waals surface area contributed by atoms with Crippen molar-refractivity contribution >= 4 is 10.9 Å².